The molecule has 0 saturated carbocycles. The Morgan fingerprint density at radius 2 is 1.29 bits per heavy atom. The van der Waals surface area contributed by atoms with Crippen molar-refractivity contribution in [1.29, 1.82) is 0 Å². The van der Waals surface area contributed by atoms with E-state index in [0.29, 0.717) is 5.02 Å². The summed E-state index contributed by atoms with van der Waals surface area (Å²) in [6.07, 6.45) is 0. The van der Waals surface area contributed by atoms with Crippen LogP contribution in [0.25, 0.3) is 33.1 Å². The fourth-order valence-electron chi connectivity index (χ4n) is 6.15. The second kappa shape index (κ2) is 6.56. The van der Waals surface area contributed by atoms with Gasteiger partial charge in [-0.2, -0.15) is 0 Å². The van der Waals surface area contributed by atoms with Crippen molar-refractivity contribution < 1.29 is 4.42 Å². The molecule has 1 aliphatic carbocycles. The SMILES string of the molecule is Clc1ccc2c(c1)oc1ccc3c(c12)Sc1ccccc1C31c2ccccc2-c2ccccc21. The van der Waals surface area contributed by atoms with Crippen molar-refractivity contribution in [3.05, 3.63) is 130 Å². The summed E-state index contributed by atoms with van der Waals surface area (Å²) in [4.78, 5) is 2.56. The van der Waals surface area contributed by atoms with E-state index in [4.69, 9.17) is 16.0 Å². The van der Waals surface area contributed by atoms with Crippen molar-refractivity contribution in [2.24, 2.45) is 0 Å². The van der Waals surface area contributed by atoms with E-state index in [0.717, 1.165) is 16.6 Å². The minimum Gasteiger partial charge on any atom is -0.456 e. The molecule has 0 N–H and O–H groups in total. The van der Waals surface area contributed by atoms with Gasteiger partial charge in [0.25, 0.3) is 0 Å². The molecule has 6 aromatic rings. The molecule has 34 heavy (non-hydrogen) atoms. The number of halogens is 1. The third-order valence-corrected chi connectivity index (χ3v) is 8.85. The molecule has 160 valence electrons. The number of rotatable bonds is 0. The first kappa shape index (κ1) is 18.9. The van der Waals surface area contributed by atoms with E-state index in [1.807, 2.05) is 23.9 Å². The van der Waals surface area contributed by atoms with Crippen LogP contribution in [0.3, 0.4) is 0 Å². The third kappa shape index (κ3) is 2.18. The maximum Gasteiger partial charge on any atom is 0.136 e. The van der Waals surface area contributed by atoms with Crippen LogP contribution in [0.2, 0.25) is 5.02 Å². The summed E-state index contributed by atoms with van der Waals surface area (Å²) >= 11 is 8.16. The van der Waals surface area contributed by atoms with E-state index in [1.165, 1.54) is 48.6 Å². The van der Waals surface area contributed by atoms with E-state index in [-0.39, 0.29) is 5.41 Å². The average molecular weight is 473 g/mol. The second-order valence-corrected chi connectivity index (χ2v) is 10.5. The van der Waals surface area contributed by atoms with Crippen LogP contribution >= 0.6 is 23.4 Å². The number of fused-ring (bicyclic) bond motifs is 13. The summed E-state index contributed by atoms with van der Waals surface area (Å²) in [5.74, 6) is 0. The summed E-state index contributed by atoms with van der Waals surface area (Å²) in [7, 11) is 0. The molecule has 0 amide bonds. The molecule has 3 heteroatoms. The Bertz CT molecular complexity index is 1770. The monoisotopic (exact) mass is 472 g/mol. The number of hydrogen-bond acceptors (Lipinski definition) is 2. The molecular formula is C31H17ClOS. The highest BCUT2D eigenvalue weighted by Gasteiger charge is 2.50. The molecule has 2 heterocycles. The average Bonchev–Trinajstić information content (AvgIpc) is 3.39. The van der Waals surface area contributed by atoms with Gasteiger partial charge in [0, 0.05) is 31.7 Å². The minimum absolute atomic E-state index is 0.366. The van der Waals surface area contributed by atoms with Crippen LogP contribution in [0.1, 0.15) is 22.3 Å². The standard InChI is InChI=1S/C31H17ClOS/c32-18-13-14-21-27(17-18)33-26-16-15-25-30(29(21)26)34-28-12-6-5-11-24(28)31(25)22-9-3-1-7-19(22)20-8-2-4-10-23(20)31/h1-17H. The van der Waals surface area contributed by atoms with Gasteiger partial charge >= 0.3 is 0 Å². The van der Waals surface area contributed by atoms with Gasteiger partial charge in [0.05, 0.1) is 5.41 Å². The van der Waals surface area contributed by atoms with Crippen LogP contribution in [0.15, 0.2) is 117 Å². The van der Waals surface area contributed by atoms with Crippen molar-refractivity contribution in [3.8, 4) is 11.1 Å². The van der Waals surface area contributed by atoms with Crippen LogP contribution in [0.4, 0.5) is 0 Å². The van der Waals surface area contributed by atoms with Crippen molar-refractivity contribution in [2.75, 3.05) is 0 Å². The number of furan rings is 1. The lowest BCUT2D eigenvalue weighted by atomic mass is 9.67. The molecule has 0 bridgehead atoms. The van der Waals surface area contributed by atoms with Gasteiger partial charge < -0.3 is 4.42 Å². The molecule has 0 saturated heterocycles. The highest BCUT2D eigenvalue weighted by atomic mass is 35.5. The van der Waals surface area contributed by atoms with E-state index in [9.17, 15) is 0 Å². The van der Waals surface area contributed by atoms with Gasteiger partial charge in [-0.15, -0.1) is 0 Å². The van der Waals surface area contributed by atoms with E-state index in [2.05, 4.69) is 91.0 Å². The molecule has 2 aliphatic rings. The minimum atomic E-state index is -0.366. The van der Waals surface area contributed by atoms with Crippen molar-refractivity contribution in [1.82, 2.24) is 0 Å². The van der Waals surface area contributed by atoms with E-state index in [1.54, 1.807) is 0 Å². The molecular weight excluding hydrogens is 456 g/mol. The van der Waals surface area contributed by atoms with Gasteiger partial charge in [0.1, 0.15) is 11.2 Å². The topological polar surface area (TPSA) is 13.1 Å². The number of hydrogen-bond donors (Lipinski definition) is 0. The first-order chi connectivity index (χ1) is 16.8. The molecule has 8 rings (SSSR count). The zero-order valence-corrected chi connectivity index (χ0v) is 19.6. The van der Waals surface area contributed by atoms with Gasteiger partial charge in [-0.05, 0) is 57.6 Å². The summed E-state index contributed by atoms with van der Waals surface area (Å²) < 4.78 is 6.28. The van der Waals surface area contributed by atoms with Crippen molar-refractivity contribution in [2.45, 2.75) is 15.2 Å². The first-order valence-corrected chi connectivity index (χ1v) is 12.6. The van der Waals surface area contributed by atoms with Crippen LogP contribution in [0.5, 0.6) is 0 Å². The van der Waals surface area contributed by atoms with Crippen LogP contribution < -0.4 is 0 Å². The highest BCUT2D eigenvalue weighted by Crippen LogP contribution is 2.63. The molecule has 1 aromatic heterocycles. The lowest BCUT2D eigenvalue weighted by Gasteiger charge is -2.39. The lowest BCUT2D eigenvalue weighted by Crippen LogP contribution is -2.31. The van der Waals surface area contributed by atoms with Gasteiger partial charge in [-0.3, -0.25) is 0 Å². The Hall–Kier alpha value is -3.46. The molecule has 1 aliphatic heterocycles. The van der Waals surface area contributed by atoms with E-state index < -0.39 is 0 Å². The summed E-state index contributed by atoms with van der Waals surface area (Å²) in [5, 5.41) is 2.97. The molecule has 0 radical (unpaired) electrons. The van der Waals surface area contributed by atoms with Crippen molar-refractivity contribution in [3.63, 3.8) is 0 Å². The Morgan fingerprint density at radius 1 is 0.618 bits per heavy atom. The highest BCUT2D eigenvalue weighted by molar-refractivity contribution is 7.99. The van der Waals surface area contributed by atoms with Crippen LogP contribution in [-0.4, -0.2) is 0 Å². The molecule has 0 unspecified atom stereocenters. The fourth-order valence-corrected chi connectivity index (χ4v) is 7.65. The van der Waals surface area contributed by atoms with Gasteiger partial charge in [0.2, 0.25) is 0 Å². The third-order valence-electron chi connectivity index (χ3n) is 7.41. The van der Waals surface area contributed by atoms with Gasteiger partial charge in [0.15, 0.2) is 0 Å². The Kier molecular flexibility index (Phi) is 3.65. The largest absolute Gasteiger partial charge is 0.456 e. The zero-order valence-electron chi connectivity index (χ0n) is 18.0. The Labute approximate surface area is 206 Å². The van der Waals surface area contributed by atoms with E-state index >= 15 is 0 Å². The smallest absolute Gasteiger partial charge is 0.136 e. The number of benzene rings is 5. The van der Waals surface area contributed by atoms with Crippen molar-refractivity contribution >= 4 is 45.3 Å². The summed E-state index contributed by atoms with van der Waals surface area (Å²) in [6, 6.07) is 37.0. The summed E-state index contributed by atoms with van der Waals surface area (Å²) in [6.45, 7) is 0. The van der Waals surface area contributed by atoms with Gasteiger partial charge in [-0.1, -0.05) is 96.2 Å². The second-order valence-electron chi connectivity index (χ2n) is 9.00. The fraction of sp³-hybridized carbons (Fsp3) is 0.0323. The molecule has 0 atom stereocenters. The summed E-state index contributed by atoms with van der Waals surface area (Å²) in [5.41, 5.74) is 9.35. The Balaban J connectivity index is 1.60. The van der Waals surface area contributed by atoms with Gasteiger partial charge in [-0.25, -0.2) is 0 Å². The first-order valence-electron chi connectivity index (χ1n) is 11.4. The predicted octanol–water partition coefficient (Wildman–Crippen LogP) is 9.07. The molecule has 1 spiro atoms. The zero-order chi connectivity index (χ0) is 22.4. The molecule has 1 nitrogen and oxygen atoms in total. The van der Waals surface area contributed by atoms with Crippen LogP contribution in [0, 0.1) is 0 Å². The van der Waals surface area contributed by atoms with Crippen LogP contribution in [-0.2, 0) is 5.41 Å². The normalized spacial score (nSPS) is 14.7. The predicted molar refractivity (Wildman–Crippen MR) is 140 cm³/mol. The molecule has 0 fully saturated rings. The Morgan fingerprint density at radius 3 is 2.06 bits per heavy atom. The maximum atomic E-state index is 6.30. The lowest BCUT2D eigenvalue weighted by molar-refractivity contribution is 0.666. The maximum absolute atomic E-state index is 6.30. The molecule has 5 aromatic carbocycles. The quantitative estimate of drug-likeness (QED) is 0.218.